The normalized spacial score (nSPS) is 42.5. The number of carbonyl (C=O) groups is 2. The van der Waals surface area contributed by atoms with Crippen molar-refractivity contribution < 1.29 is 28.6 Å². The van der Waals surface area contributed by atoms with Crippen molar-refractivity contribution in [3.05, 3.63) is 0 Å². The van der Waals surface area contributed by atoms with Crippen LogP contribution < -0.4 is 0 Å². The van der Waals surface area contributed by atoms with Gasteiger partial charge in [-0.1, -0.05) is 34.6 Å². The Bertz CT molecular complexity index is 799. The number of aliphatic carboxylic acids is 1. The van der Waals surface area contributed by atoms with Gasteiger partial charge in [0.15, 0.2) is 14.1 Å². The minimum Gasteiger partial charge on any atom is -0.481 e. The van der Waals surface area contributed by atoms with Gasteiger partial charge < -0.3 is 23.8 Å². The van der Waals surface area contributed by atoms with Crippen LogP contribution in [-0.2, 0) is 23.5 Å². The smallest absolute Gasteiger partial charge is 0.307 e. The second kappa shape index (κ2) is 8.67. The molecule has 1 N–H and O–H groups in total. The zero-order chi connectivity index (χ0) is 25.2. The second-order valence-corrected chi connectivity index (χ2v) is 18.3. The van der Waals surface area contributed by atoms with Crippen LogP contribution in [0.3, 0.4) is 0 Å². The van der Waals surface area contributed by atoms with E-state index in [-0.39, 0.29) is 34.3 Å². The Hall–Kier alpha value is -0.763. The highest BCUT2D eigenvalue weighted by Crippen LogP contribution is 2.66. The predicted molar refractivity (Wildman–Crippen MR) is 133 cm³/mol. The number of carboxylic acids is 1. The summed E-state index contributed by atoms with van der Waals surface area (Å²) in [6.45, 7) is 16.8. The van der Waals surface area contributed by atoms with Crippen molar-refractivity contribution in [1.29, 1.82) is 0 Å². The van der Waals surface area contributed by atoms with Gasteiger partial charge in [-0.15, -0.1) is 0 Å². The van der Waals surface area contributed by atoms with E-state index in [4.69, 9.17) is 13.9 Å². The Labute approximate surface area is 206 Å². The first-order valence-electron chi connectivity index (χ1n) is 13.3. The fourth-order valence-electron chi connectivity index (χ4n) is 7.86. The van der Waals surface area contributed by atoms with E-state index in [0.29, 0.717) is 19.6 Å². The highest BCUT2D eigenvalue weighted by molar-refractivity contribution is 6.74. The average molecular weight is 495 g/mol. The Morgan fingerprint density at radius 3 is 2.21 bits per heavy atom. The molecule has 0 radical (unpaired) electrons. The van der Waals surface area contributed by atoms with Gasteiger partial charge in [0.1, 0.15) is 6.29 Å². The van der Waals surface area contributed by atoms with Crippen LogP contribution in [-0.4, -0.2) is 50.8 Å². The van der Waals surface area contributed by atoms with Crippen molar-refractivity contribution >= 4 is 20.6 Å². The van der Waals surface area contributed by atoms with Crippen LogP contribution >= 0.6 is 0 Å². The van der Waals surface area contributed by atoms with Crippen LogP contribution in [0.1, 0.15) is 79.6 Å². The first kappa shape index (κ1) is 26.3. The van der Waals surface area contributed by atoms with Crippen LogP contribution in [0.5, 0.6) is 0 Å². The van der Waals surface area contributed by atoms with E-state index >= 15 is 0 Å². The number of rotatable bonds is 5. The zero-order valence-electron chi connectivity index (χ0n) is 22.3. The maximum atomic E-state index is 12.6. The molecule has 0 amide bonds. The fourth-order valence-corrected chi connectivity index (χ4v) is 9.27. The summed E-state index contributed by atoms with van der Waals surface area (Å²) in [7, 11) is -1.99. The summed E-state index contributed by atoms with van der Waals surface area (Å²) in [5.41, 5.74) is -0.609. The van der Waals surface area contributed by atoms with Gasteiger partial charge in [-0.2, -0.15) is 0 Å². The molecule has 4 fully saturated rings. The standard InChI is InChI=1S/C27H46O6Si/c1-24(2,3)34(6,7)33-18-8-11-25(4,22(16-18)23(29)30)20-9-12-26(5)21(19(20)17-28)10-13-27(26)31-14-15-32-27/h17-22H,8-16H2,1-7H3,(H,29,30)/t18-,19+,20-,21-,22+,25+,26-/m0/s1. The molecule has 194 valence electrons. The zero-order valence-corrected chi connectivity index (χ0v) is 23.3. The highest BCUT2D eigenvalue weighted by atomic mass is 28.4. The van der Waals surface area contributed by atoms with E-state index < -0.39 is 31.4 Å². The Kier molecular flexibility index (Phi) is 6.71. The lowest BCUT2D eigenvalue weighted by molar-refractivity contribution is -0.242. The first-order valence-corrected chi connectivity index (χ1v) is 16.3. The lowest BCUT2D eigenvalue weighted by Gasteiger charge is -2.56. The monoisotopic (exact) mass is 494 g/mol. The van der Waals surface area contributed by atoms with Crippen molar-refractivity contribution in [3.63, 3.8) is 0 Å². The van der Waals surface area contributed by atoms with Crippen molar-refractivity contribution in [3.8, 4) is 0 Å². The van der Waals surface area contributed by atoms with E-state index in [1.807, 2.05) is 0 Å². The second-order valence-electron chi connectivity index (χ2n) is 13.5. The van der Waals surface area contributed by atoms with Crippen molar-refractivity contribution in [2.75, 3.05) is 13.2 Å². The molecule has 1 saturated heterocycles. The van der Waals surface area contributed by atoms with Gasteiger partial charge in [-0.3, -0.25) is 4.79 Å². The van der Waals surface area contributed by atoms with Gasteiger partial charge in [-0.25, -0.2) is 0 Å². The van der Waals surface area contributed by atoms with Crippen molar-refractivity contribution in [1.82, 2.24) is 0 Å². The van der Waals surface area contributed by atoms with E-state index in [9.17, 15) is 14.7 Å². The number of carbonyl (C=O) groups excluding carboxylic acids is 1. The predicted octanol–water partition coefficient (Wildman–Crippen LogP) is 5.65. The van der Waals surface area contributed by atoms with Crippen LogP contribution in [0.2, 0.25) is 18.1 Å². The Morgan fingerprint density at radius 1 is 1.03 bits per heavy atom. The molecule has 1 spiro atoms. The molecule has 0 unspecified atom stereocenters. The van der Waals surface area contributed by atoms with E-state index in [1.165, 1.54) is 0 Å². The molecule has 1 heterocycles. The molecule has 4 rings (SSSR count). The molecule has 1 aliphatic heterocycles. The van der Waals surface area contributed by atoms with Crippen LogP contribution in [0.25, 0.3) is 0 Å². The maximum Gasteiger partial charge on any atom is 0.307 e. The number of ether oxygens (including phenoxy) is 2. The molecule has 3 saturated carbocycles. The molecule has 3 aliphatic carbocycles. The van der Waals surface area contributed by atoms with Gasteiger partial charge in [-0.05, 0) is 73.9 Å². The summed E-state index contributed by atoms with van der Waals surface area (Å²) < 4.78 is 19.0. The van der Waals surface area contributed by atoms with Gasteiger partial charge >= 0.3 is 5.97 Å². The topological polar surface area (TPSA) is 82.1 Å². The van der Waals surface area contributed by atoms with Gasteiger partial charge in [0.05, 0.1) is 19.1 Å². The number of carboxylic acid groups (broad SMARTS) is 1. The molecule has 0 bridgehead atoms. The summed E-state index contributed by atoms with van der Waals surface area (Å²) in [5, 5.41) is 10.5. The van der Waals surface area contributed by atoms with Crippen molar-refractivity contribution in [2.24, 2.45) is 34.5 Å². The molecule has 7 heteroatoms. The minimum atomic E-state index is -1.99. The highest BCUT2D eigenvalue weighted by Gasteiger charge is 2.67. The third kappa shape index (κ3) is 3.93. The van der Waals surface area contributed by atoms with Gasteiger partial charge in [0.2, 0.25) is 0 Å². The lowest BCUT2D eigenvalue weighted by atomic mass is 9.49. The van der Waals surface area contributed by atoms with Crippen molar-refractivity contribution in [2.45, 2.75) is 110 Å². The molecule has 6 nitrogen and oxygen atoms in total. The van der Waals surface area contributed by atoms with E-state index in [1.54, 1.807) is 0 Å². The largest absolute Gasteiger partial charge is 0.481 e. The van der Waals surface area contributed by atoms with E-state index in [0.717, 1.165) is 44.8 Å². The summed E-state index contributed by atoms with van der Waals surface area (Å²) >= 11 is 0. The number of hydrogen-bond acceptors (Lipinski definition) is 5. The van der Waals surface area contributed by atoms with Gasteiger partial charge in [0, 0.05) is 23.9 Å². The van der Waals surface area contributed by atoms with E-state index in [2.05, 4.69) is 47.7 Å². The number of aldehydes is 1. The maximum absolute atomic E-state index is 12.6. The Balaban J connectivity index is 1.57. The quantitative estimate of drug-likeness (QED) is 0.393. The third-order valence-electron chi connectivity index (χ3n) is 11.0. The molecular weight excluding hydrogens is 448 g/mol. The third-order valence-corrected chi connectivity index (χ3v) is 15.5. The fraction of sp³-hybridized carbons (Fsp3) is 0.926. The first-order chi connectivity index (χ1) is 15.7. The molecule has 0 aromatic rings. The summed E-state index contributed by atoms with van der Waals surface area (Å²) in [6.07, 6.45) is 6.81. The average Bonchev–Trinajstić information content (AvgIpc) is 3.33. The lowest BCUT2D eigenvalue weighted by Crippen LogP contribution is -2.57. The van der Waals surface area contributed by atoms with Crippen LogP contribution in [0.15, 0.2) is 0 Å². The summed E-state index contributed by atoms with van der Waals surface area (Å²) in [4.78, 5) is 25.3. The molecule has 34 heavy (non-hydrogen) atoms. The number of hydrogen-bond donors (Lipinski definition) is 1. The number of fused-ring (bicyclic) bond motifs is 2. The minimum absolute atomic E-state index is 0.0198. The molecule has 0 aromatic carbocycles. The molecule has 4 aliphatic rings. The van der Waals surface area contributed by atoms with Crippen LogP contribution in [0, 0.1) is 34.5 Å². The molecular formula is C27H46O6Si. The van der Waals surface area contributed by atoms with Gasteiger partial charge in [0.25, 0.3) is 0 Å². The SMILES string of the molecule is CC(C)(C)[Si](C)(C)O[C@H]1CC[C@](C)([C@H]2CC[C@@]3(C)[C@@H](CCC34OCCO4)[C@@H]2C=O)[C@@H](C(=O)O)C1. The summed E-state index contributed by atoms with van der Waals surface area (Å²) in [5.74, 6) is -1.72. The molecule has 7 atom stereocenters. The molecule has 0 aromatic heterocycles. The van der Waals surface area contributed by atoms with Crippen LogP contribution in [0.4, 0.5) is 0 Å². The summed E-state index contributed by atoms with van der Waals surface area (Å²) in [6, 6.07) is 0. The Morgan fingerprint density at radius 2 is 1.65 bits per heavy atom.